The summed E-state index contributed by atoms with van der Waals surface area (Å²) in [6.07, 6.45) is -4.51. The third kappa shape index (κ3) is 3.92. The van der Waals surface area contributed by atoms with Crippen LogP contribution in [0.4, 0.5) is 22.0 Å². The molecule has 1 aromatic heterocycles. The van der Waals surface area contributed by atoms with Gasteiger partial charge in [0, 0.05) is 26.2 Å². The average Bonchev–Trinajstić information content (AvgIpc) is 2.93. The number of likely N-dealkylation sites (tertiary alicyclic amines) is 1. The lowest BCUT2D eigenvalue weighted by molar-refractivity contribution is -0.147. The maximum absolute atomic E-state index is 13.7. The van der Waals surface area contributed by atoms with Crippen LogP contribution in [0.5, 0.6) is 0 Å². The van der Waals surface area contributed by atoms with Gasteiger partial charge in [0.2, 0.25) is 11.7 Å². The van der Waals surface area contributed by atoms with Crippen LogP contribution >= 0.6 is 0 Å². The van der Waals surface area contributed by atoms with E-state index in [2.05, 4.69) is 5.10 Å². The number of nitrogens with zero attached hydrogens (tertiary/aromatic N) is 4. The molecule has 1 aromatic carbocycles. The zero-order valence-corrected chi connectivity index (χ0v) is 14.8. The van der Waals surface area contributed by atoms with Gasteiger partial charge in [0.15, 0.2) is 0 Å². The Balaban J connectivity index is 1.66. The molecular weight excluding hydrogens is 387 g/mol. The lowest BCUT2D eigenvalue weighted by Gasteiger charge is -2.31. The number of hydrogen-bond donors (Lipinski definition) is 0. The second-order valence-electron chi connectivity index (χ2n) is 6.63. The van der Waals surface area contributed by atoms with Crippen LogP contribution in [0.15, 0.2) is 23.0 Å². The first kappa shape index (κ1) is 20.0. The van der Waals surface area contributed by atoms with Crippen molar-refractivity contribution in [3.05, 3.63) is 51.7 Å². The van der Waals surface area contributed by atoms with Crippen LogP contribution in [-0.4, -0.2) is 38.2 Å². The van der Waals surface area contributed by atoms with E-state index in [-0.39, 0.29) is 43.8 Å². The van der Waals surface area contributed by atoms with Crippen LogP contribution in [0, 0.1) is 11.6 Å². The molecule has 1 aliphatic rings. The molecule has 1 saturated heterocycles. The Hall–Kier alpha value is -2.72. The van der Waals surface area contributed by atoms with E-state index in [1.807, 2.05) is 0 Å². The SMILES string of the molecule is Cn1c(C(F)(F)F)nn(C2CCN(C(=O)Cc3ccc(F)cc3F)CC2)c1=O. The normalized spacial score (nSPS) is 15.9. The second kappa shape index (κ2) is 7.36. The molecule has 3 rings (SSSR count). The molecule has 0 N–H and O–H groups in total. The number of amides is 1. The van der Waals surface area contributed by atoms with Crippen molar-refractivity contribution in [1.82, 2.24) is 19.2 Å². The highest BCUT2D eigenvalue weighted by molar-refractivity contribution is 5.78. The predicted molar refractivity (Wildman–Crippen MR) is 87.4 cm³/mol. The Kier molecular flexibility index (Phi) is 5.26. The molecule has 28 heavy (non-hydrogen) atoms. The zero-order chi connectivity index (χ0) is 20.6. The number of alkyl halides is 3. The van der Waals surface area contributed by atoms with Crippen molar-refractivity contribution in [2.24, 2.45) is 7.05 Å². The van der Waals surface area contributed by atoms with Crippen molar-refractivity contribution in [2.45, 2.75) is 31.5 Å². The first-order chi connectivity index (χ1) is 13.1. The second-order valence-corrected chi connectivity index (χ2v) is 6.63. The summed E-state index contributed by atoms with van der Waals surface area (Å²) in [5.41, 5.74) is -0.810. The molecule has 6 nitrogen and oxygen atoms in total. The minimum Gasteiger partial charge on any atom is -0.342 e. The third-order valence-electron chi connectivity index (χ3n) is 4.78. The van der Waals surface area contributed by atoms with E-state index in [9.17, 15) is 31.5 Å². The Bertz CT molecular complexity index is 942. The molecule has 0 unspecified atom stereocenters. The van der Waals surface area contributed by atoms with Gasteiger partial charge in [-0.2, -0.15) is 13.2 Å². The molecule has 0 spiro atoms. The summed E-state index contributed by atoms with van der Waals surface area (Å²) >= 11 is 0. The van der Waals surface area contributed by atoms with Gasteiger partial charge in [-0.25, -0.2) is 18.3 Å². The molecule has 0 bridgehead atoms. The fourth-order valence-electron chi connectivity index (χ4n) is 3.24. The fourth-order valence-corrected chi connectivity index (χ4v) is 3.24. The van der Waals surface area contributed by atoms with Gasteiger partial charge in [0.05, 0.1) is 12.5 Å². The van der Waals surface area contributed by atoms with E-state index < -0.39 is 35.4 Å². The maximum Gasteiger partial charge on any atom is 0.451 e. The molecule has 0 saturated carbocycles. The van der Waals surface area contributed by atoms with Gasteiger partial charge in [0.1, 0.15) is 11.6 Å². The number of piperidine rings is 1. The first-order valence-electron chi connectivity index (χ1n) is 8.52. The van der Waals surface area contributed by atoms with Gasteiger partial charge in [-0.15, -0.1) is 5.10 Å². The Labute approximate surface area is 156 Å². The number of halogens is 5. The lowest BCUT2D eigenvalue weighted by atomic mass is 10.0. The lowest BCUT2D eigenvalue weighted by Crippen LogP contribution is -2.41. The summed E-state index contributed by atoms with van der Waals surface area (Å²) in [6, 6.07) is 2.38. The van der Waals surface area contributed by atoms with Gasteiger partial charge < -0.3 is 4.90 Å². The molecule has 1 amide bonds. The van der Waals surface area contributed by atoms with E-state index in [1.54, 1.807) is 0 Å². The van der Waals surface area contributed by atoms with E-state index in [0.717, 1.165) is 17.8 Å². The molecule has 152 valence electrons. The van der Waals surface area contributed by atoms with Gasteiger partial charge in [-0.05, 0) is 24.5 Å². The average molecular weight is 404 g/mol. The van der Waals surface area contributed by atoms with Crippen LogP contribution in [0.25, 0.3) is 0 Å². The van der Waals surface area contributed by atoms with Crippen LogP contribution in [0.1, 0.15) is 30.3 Å². The monoisotopic (exact) mass is 404 g/mol. The molecule has 1 fully saturated rings. The number of rotatable bonds is 3. The van der Waals surface area contributed by atoms with E-state index in [1.165, 1.54) is 11.0 Å². The topological polar surface area (TPSA) is 60.1 Å². The zero-order valence-electron chi connectivity index (χ0n) is 14.8. The van der Waals surface area contributed by atoms with Crippen molar-refractivity contribution in [3.8, 4) is 0 Å². The van der Waals surface area contributed by atoms with Crippen LogP contribution in [0.3, 0.4) is 0 Å². The van der Waals surface area contributed by atoms with Crippen LogP contribution in [0.2, 0.25) is 0 Å². The summed E-state index contributed by atoms with van der Waals surface area (Å²) in [5.74, 6) is -3.22. The highest BCUT2D eigenvalue weighted by Gasteiger charge is 2.39. The van der Waals surface area contributed by atoms with Crippen molar-refractivity contribution in [3.63, 3.8) is 0 Å². The van der Waals surface area contributed by atoms with E-state index in [4.69, 9.17) is 0 Å². The quantitative estimate of drug-likeness (QED) is 0.738. The number of hydrogen-bond acceptors (Lipinski definition) is 3. The third-order valence-corrected chi connectivity index (χ3v) is 4.78. The van der Waals surface area contributed by atoms with Gasteiger partial charge in [0.25, 0.3) is 0 Å². The minimum absolute atomic E-state index is 0.0595. The Morgan fingerprint density at radius 3 is 2.39 bits per heavy atom. The standard InChI is InChI=1S/C17H17F5N4O2/c1-24-15(17(20,21)22)23-26(16(24)28)12-4-6-25(7-5-12)14(27)8-10-2-3-11(18)9-13(10)19/h2-3,9,12H,4-8H2,1H3. The van der Waals surface area contributed by atoms with Gasteiger partial charge in [-0.1, -0.05) is 6.07 Å². The number of benzene rings is 1. The number of carbonyl (C=O) groups is 1. The summed E-state index contributed by atoms with van der Waals surface area (Å²) in [5, 5.41) is 3.42. The molecule has 11 heteroatoms. The highest BCUT2D eigenvalue weighted by Crippen LogP contribution is 2.28. The van der Waals surface area contributed by atoms with Gasteiger partial charge in [-0.3, -0.25) is 9.36 Å². The smallest absolute Gasteiger partial charge is 0.342 e. The summed E-state index contributed by atoms with van der Waals surface area (Å²) in [4.78, 5) is 25.8. The summed E-state index contributed by atoms with van der Waals surface area (Å²) < 4.78 is 66.6. The van der Waals surface area contributed by atoms with Crippen molar-refractivity contribution in [1.29, 1.82) is 0 Å². The molecule has 1 aliphatic heterocycles. The minimum atomic E-state index is -4.74. The van der Waals surface area contributed by atoms with Crippen molar-refractivity contribution < 1.29 is 26.7 Å². The first-order valence-corrected chi connectivity index (χ1v) is 8.52. The highest BCUT2D eigenvalue weighted by atomic mass is 19.4. The largest absolute Gasteiger partial charge is 0.451 e. The maximum atomic E-state index is 13.7. The summed E-state index contributed by atoms with van der Waals surface area (Å²) in [7, 11) is 1.00. The van der Waals surface area contributed by atoms with E-state index >= 15 is 0 Å². The van der Waals surface area contributed by atoms with Crippen LogP contribution in [-0.2, 0) is 24.4 Å². The summed E-state index contributed by atoms with van der Waals surface area (Å²) in [6.45, 7) is 0.382. The number of carbonyl (C=O) groups excluding carboxylic acids is 1. The van der Waals surface area contributed by atoms with Crippen molar-refractivity contribution >= 4 is 5.91 Å². The Morgan fingerprint density at radius 2 is 1.86 bits per heavy atom. The molecule has 0 atom stereocenters. The molecule has 0 radical (unpaired) electrons. The van der Waals surface area contributed by atoms with E-state index in [0.29, 0.717) is 10.6 Å². The van der Waals surface area contributed by atoms with Crippen LogP contribution < -0.4 is 5.69 Å². The molecule has 2 heterocycles. The fraction of sp³-hybridized carbons (Fsp3) is 0.471. The van der Waals surface area contributed by atoms with Gasteiger partial charge >= 0.3 is 11.9 Å². The molecule has 0 aliphatic carbocycles. The number of aromatic nitrogens is 3. The molecule has 2 aromatic rings. The Morgan fingerprint density at radius 1 is 1.21 bits per heavy atom. The molecular formula is C17H17F5N4O2. The van der Waals surface area contributed by atoms with Crippen molar-refractivity contribution in [2.75, 3.05) is 13.1 Å². The predicted octanol–water partition coefficient (Wildman–Crippen LogP) is 2.29.